The Balaban J connectivity index is 1.26. The first-order chi connectivity index (χ1) is 23.6. The lowest BCUT2D eigenvalue weighted by Crippen LogP contribution is -2.01. The van der Waals surface area contributed by atoms with Crippen molar-refractivity contribution in [1.82, 2.24) is 0 Å². The van der Waals surface area contributed by atoms with Gasteiger partial charge in [-0.1, -0.05) is 134 Å². The van der Waals surface area contributed by atoms with Crippen LogP contribution >= 0.6 is 0 Å². The van der Waals surface area contributed by atoms with Crippen LogP contribution in [-0.2, 0) is 26.4 Å². The van der Waals surface area contributed by atoms with E-state index in [9.17, 15) is 0 Å². The van der Waals surface area contributed by atoms with Crippen LogP contribution in [0.25, 0.3) is 11.1 Å². The fourth-order valence-corrected chi connectivity index (χ4v) is 5.14. The molecule has 238 valence electrons. The van der Waals surface area contributed by atoms with Gasteiger partial charge in [0.1, 0.15) is 49.4 Å². The minimum atomic E-state index is 0.429. The van der Waals surface area contributed by atoms with Gasteiger partial charge in [0, 0.05) is 12.1 Å². The van der Waals surface area contributed by atoms with Gasteiger partial charge < -0.3 is 18.9 Å². The Bertz CT molecular complexity index is 1670. The molecule has 0 saturated carbocycles. The van der Waals surface area contributed by atoms with Gasteiger partial charge in [-0.15, -0.1) is 0 Å². The fraction of sp³-hybridized carbons (Fsp3) is 0.0909. The lowest BCUT2D eigenvalue weighted by molar-refractivity contribution is 0.289. The Labute approximate surface area is 283 Å². The highest BCUT2D eigenvalue weighted by atomic mass is 16.5. The third-order valence-corrected chi connectivity index (χ3v) is 7.81. The van der Waals surface area contributed by atoms with Gasteiger partial charge in [-0.2, -0.15) is 0 Å². The van der Waals surface area contributed by atoms with Gasteiger partial charge in [-0.3, -0.25) is 0 Å². The smallest absolute Gasteiger partial charge is 0.124 e. The molecular formula is C44H38O4. The molecule has 0 fully saturated rings. The number of benzene rings is 6. The maximum absolute atomic E-state index is 6.26. The Kier molecular flexibility index (Phi) is 10.7. The van der Waals surface area contributed by atoms with Crippen LogP contribution in [0.1, 0.15) is 33.4 Å². The molecule has 0 heterocycles. The summed E-state index contributed by atoms with van der Waals surface area (Å²) < 4.78 is 25.0. The molecule has 48 heavy (non-hydrogen) atoms. The number of hydrogen-bond acceptors (Lipinski definition) is 4. The first kappa shape index (κ1) is 32.0. The molecule has 6 aromatic rings. The summed E-state index contributed by atoms with van der Waals surface area (Å²) >= 11 is 0. The maximum Gasteiger partial charge on any atom is 0.124 e. The summed E-state index contributed by atoms with van der Waals surface area (Å²) in [5.74, 6) is 2.72. The van der Waals surface area contributed by atoms with Gasteiger partial charge in [0.05, 0.1) is 0 Å². The van der Waals surface area contributed by atoms with Crippen LogP contribution in [0.3, 0.4) is 0 Å². The molecule has 0 amide bonds. The summed E-state index contributed by atoms with van der Waals surface area (Å²) in [5, 5.41) is 0. The first-order valence-electron chi connectivity index (χ1n) is 15.9. The second-order valence-electron chi connectivity index (χ2n) is 11.4. The zero-order chi connectivity index (χ0) is 33.0. The van der Waals surface area contributed by atoms with Crippen molar-refractivity contribution in [2.45, 2.75) is 26.4 Å². The van der Waals surface area contributed by atoms with Crippen molar-refractivity contribution in [2.24, 2.45) is 0 Å². The largest absolute Gasteiger partial charge is 0.489 e. The molecule has 4 heteroatoms. The van der Waals surface area contributed by atoms with E-state index < -0.39 is 0 Å². The van der Waals surface area contributed by atoms with E-state index in [0.29, 0.717) is 49.4 Å². The predicted octanol–water partition coefficient (Wildman–Crippen LogP) is 10.7. The number of hydrogen-bond donors (Lipinski definition) is 0. The molecular weight excluding hydrogens is 592 g/mol. The number of ether oxygens (including phenoxy) is 4. The highest BCUT2D eigenvalue weighted by Crippen LogP contribution is 2.37. The lowest BCUT2D eigenvalue weighted by atomic mass is 9.94. The van der Waals surface area contributed by atoms with Crippen molar-refractivity contribution < 1.29 is 18.9 Å². The van der Waals surface area contributed by atoms with Gasteiger partial charge in [0.25, 0.3) is 0 Å². The normalized spacial score (nSPS) is 10.6. The van der Waals surface area contributed by atoms with Gasteiger partial charge >= 0.3 is 0 Å². The molecule has 0 aliphatic carbocycles. The molecule has 0 atom stereocenters. The molecule has 0 unspecified atom stereocenters. The van der Waals surface area contributed by atoms with E-state index in [1.165, 1.54) is 0 Å². The van der Waals surface area contributed by atoms with Crippen LogP contribution in [0.5, 0.6) is 23.0 Å². The summed E-state index contributed by atoms with van der Waals surface area (Å²) in [6, 6.07) is 52.1. The average molecular weight is 631 g/mol. The van der Waals surface area contributed by atoms with Crippen LogP contribution in [-0.4, -0.2) is 0 Å². The predicted molar refractivity (Wildman–Crippen MR) is 194 cm³/mol. The van der Waals surface area contributed by atoms with Crippen molar-refractivity contribution in [3.63, 3.8) is 0 Å². The van der Waals surface area contributed by atoms with E-state index in [-0.39, 0.29) is 0 Å². The van der Waals surface area contributed by atoms with Gasteiger partial charge in [0.15, 0.2) is 0 Å². The second kappa shape index (κ2) is 16.0. The minimum Gasteiger partial charge on any atom is -0.489 e. The van der Waals surface area contributed by atoms with Crippen LogP contribution in [0.15, 0.2) is 171 Å². The quantitative estimate of drug-likeness (QED) is 0.106. The Hall–Kier alpha value is -6.00. The standard InChI is InChI=1S/C44H38O4/c1-33(39-23-41(45-29-35-15-7-3-8-16-35)27-42(24-39)46-30-36-17-9-4-10-18-36)34(2)40-25-43(47-31-37-19-11-5-12-20-37)28-44(26-40)48-32-38-21-13-6-14-22-38/h3-28H,1-2,29-32H2. The summed E-state index contributed by atoms with van der Waals surface area (Å²) in [6.07, 6.45) is 0. The van der Waals surface area contributed by atoms with E-state index in [4.69, 9.17) is 18.9 Å². The van der Waals surface area contributed by atoms with Crippen LogP contribution in [0, 0.1) is 0 Å². The van der Waals surface area contributed by atoms with Crippen molar-refractivity contribution >= 4 is 11.1 Å². The molecule has 0 bridgehead atoms. The average Bonchev–Trinajstić information content (AvgIpc) is 3.15. The van der Waals surface area contributed by atoms with E-state index in [1.807, 2.05) is 158 Å². The summed E-state index contributed by atoms with van der Waals surface area (Å²) in [7, 11) is 0. The van der Waals surface area contributed by atoms with Crippen LogP contribution < -0.4 is 18.9 Å². The molecule has 0 N–H and O–H groups in total. The van der Waals surface area contributed by atoms with Gasteiger partial charge in [-0.25, -0.2) is 0 Å². The van der Waals surface area contributed by atoms with E-state index >= 15 is 0 Å². The van der Waals surface area contributed by atoms with Crippen molar-refractivity contribution in [3.05, 3.63) is 204 Å². The summed E-state index contributed by atoms with van der Waals surface area (Å²) in [6.45, 7) is 10.7. The first-order valence-corrected chi connectivity index (χ1v) is 15.9. The Morgan fingerprint density at radius 3 is 0.792 bits per heavy atom. The highest BCUT2D eigenvalue weighted by Gasteiger charge is 2.14. The SMILES string of the molecule is C=C(C(=C)c1cc(OCc2ccccc2)cc(OCc2ccccc2)c1)c1cc(OCc2ccccc2)cc(OCc2ccccc2)c1. The van der Waals surface area contributed by atoms with E-state index in [2.05, 4.69) is 13.2 Å². The van der Waals surface area contributed by atoms with E-state index in [0.717, 1.165) is 44.5 Å². The third-order valence-electron chi connectivity index (χ3n) is 7.81. The zero-order valence-corrected chi connectivity index (χ0v) is 26.9. The summed E-state index contributed by atoms with van der Waals surface area (Å²) in [4.78, 5) is 0. The minimum absolute atomic E-state index is 0.429. The van der Waals surface area contributed by atoms with Gasteiger partial charge in [0.2, 0.25) is 0 Å². The topological polar surface area (TPSA) is 36.9 Å². The molecule has 0 aliphatic rings. The zero-order valence-electron chi connectivity index (χ0n) is 26.9. The number of allylic oxidation sites excluding steroid dienone is 2. The fourth-order valence-electron chi connectivity index (χ4n) is 5.14. The highest BCUT2D eigenvalue weighted by molar-refractivity contribution is 6.03. The van der Waals surface area contributed by atoms with E-state index in [1.54, 1.807) is 0 Å². The number of rotatable bonds is 15. The second-order valence-corrected chi connectivity index (χ2v) is 11.4. The lowest BCUT2D eigenvalue weighted by Gasteiger charge is -2.17. The molecule has 4 nitrogen and oxygen atoms in total. The molecule has 0 spiro atoms. The summed E-state index contributed by atoms with van der Waals surface area (Å²) in [5.41, 5.74) is 7.47. The maximum atomic E-state index is 6.26. The molecule has 0 radical (unpaired) electrons. The molecule has 0 aliphatic heterocycles. The van der Waals surface area contributed by atoms with Gasteiger partial charge in [-0.05, 0) is 68.8 Å². The molecule has 0 aromatic heterocycles. The third kappa shape index (κ3) is 9.05. The van der Waals surface area contributed by atoms with Crippen molar-refractivity contribution in [1.29, 1.82) is 0 Å². The van der Waals surface area contributed by atoms with Crippen LogP contribution in [0.4, 0.5) is 0 Å². The van der Waals surface area contributed by atoms with Crippen molar-refractivity contribution in [2.75, 3.05) is 0 Å². The Morgan fingerprint density at radius 2 is 0.562 bits per heavy atom. The molecule has 0 saturated heterocycles. The Morgan fingerprint density at radius 1 is 0.333 bits per heavy atom. The molecule has 6 aromatic carbocycles. The monoisotopic (exact) mass is 630 g/mol. The molecule has 6 rings (SSSR count). The van der Waals surface area contributed by atoms with Crippen LogP contribution in [0.2, 0.25) is 0 Å². The van der Waals surface area contributed by atoms with Crippen molar-refractivity contribution in [3.8, 4) is 23.0 Å².